The molecule has 0 fully saturated rings. The van der Waals surface area contributed by atoms with Crippen LogP contribution in [0, 0.1) is 0 Å². The molecule has 0 unspecified atom stereocenters. The summed E-state index contributed by atoms with van der Waals surface area (Å²) in [4.78, 5) is 23.5. The molecule has 0 aromatic carbocycles. The lowest BCUT2D eigenvalue weighted by molar-refractivity contribution is 0.0982. The van der Waals surface area contributed by atoms with E-state index in [1.165, 1.54) is 18.7 Å². The van der Waals surface area contributed by atoms with Gasteiger partial charge in [-0.1, -0.05) is 6.07 Å². The first-order valence-corrected chi connectivity index (χ1v) is 5.04. The van der Waals surface area contributed by atoms with Crippen LogP contribution in [-0.2, 0) is 6.42 Å². The molecular weight excluding hydrogens is 202 g/mol. The number of nitrogens with zero attached hydrogens (tertiary/aromatic N) is 3. The normalized spacial score (nSPS) is 10.0. The Morgan fingerprint density at radius 1 is 1.19 bits per heavy atom. The molecule has 0 N–H and O–H groups in total. The number of pyridine rings is 1. The van der Waals surface area contributed by atoms with Crippen LogP contribution in [0.1, 0.15) is 22.5 Å². The van der Waals surface area contributed by atoms with Crippen LogP contribution in [0.4, 0.5) is 0 Å². The van der Waals surface area contributed by atoms with E-state index in [0.29, 0.717) is 18.4 Å². The highest BCUT2D eigenvalue weighted by Gasteiger charge is 2.06. The fourth-order valence-corrected chi connectivity index (χ4v) is 1.38. The molecule has 0 atom stereocenters. The molecule has 0 aliphatic heterocycles. The van der Waals surface area contributed by atoms with Crippen LogP contribution >= 0.6 is 0 Å². The van der Waals surface area contributed by atoms with Crippen molar-refractivity contribution < 1.29 is 4.79 Å². The summed E-state index contributed by atoms with van der Waals surface area (Å²) in [5.41, 5.74) is 1.48. The standard InChI is InChI=1S/C12H11N3O/c16-12(10-7-13-9-14-8-10)5-4-11-3-1-2-6-15-11/h1-3,6-9H,4-5H2. The van der Waals surface area contributed by atoms with Crippen LogP contribution in [0.5, 0.6) is 0 Å². The molecule has 80 valence electrons. The van der Waals surface area contributed by atoms with E-state index in [2.05, 4.69) is 15.0 Å². The average molecular weight is 213 g/mol. The minimum atomic E-state index is 0.0475. The van der Waals surface area contributed by atoms with E-state index < -0.39 is 0 Å². The number of aromatic nitrogens is 3. The maximum atomic E-state index is 11.7. The topological polar surface area (TPSA) is 55.7 Å². The van der Waals surface area contributed by atoms with Crippen molar-refractivity contribution in [1.29, 1.82) is 0 Å². The fraction of sp³-hybridized carbons (Fsp3) is 0.167. The van der Waals surface area contributed by atoms with Crippen LogP contribution in [-0.4, -0.2) is 20.7 Å². The number of Topliss-reactive ketones (excluding diaryl/α,β-unsaturated/α-hetero) is 1. The molecule has 2 rings (SSSR count). The number of carbonyl (C=O) groups is 1. The highest BCUT2D eigenvalue weighted by Crippen LogP contribution is 2.04. The van der Waals surface area contributed by atoms with E-state index in [9.17, 15) is 4.79 Å². The van der Waals surface area contributed by atoms with Gasteiger partial charge in [0, 0.05) is 30.7 Å². The predicted molar refractivity (Wildman–Crippen MR) is 58.9 cm³/mol. The van der Waals surface area contributed by atoms with Gasteiger partial charge in [-0.2, -0.15) is 0 Å². The first-order valence-electron chi connectivity index (χ1n) is 5.04. The molecule has 0 saturated heterocycles. The molecule has 2 aromatic heterocycles. The Kier molecular flexibility index (Phi) is 3.33. The van der Waals surface area contributed by atoms with Gasteiger partial charge in [-0.25, -0.2) is 9.97 Å². The van der Waals surface area contributed by atoms with Gasteiger partial charge in [0.2, 0.25) is 0 Å². The van der Waals surface area contributed by atoms with Gasteiger partial charge < -0.3 is 0 Å². The zero-order chi connectivity index (χ0) is 11.2. The molecule has 0 spiro atoms. The zero-order valence-corrected chi connectivity index (χ0v) is 8.71. The monoisotopic (exact) mass is 213 g/mol. The van der Waals surface area contributed by atoms with Gasteiger partial charge in [0.15, 0.2) is 5.78 Å². The lowest BCUT2D eigenvalue weighted by Gasteiger charge is -1.99. The summed E-state index contributed by atoms with van der Waals surface area (Å²) in [7, 11) is 0. The van der Waals surface area contributed by atoms with Gasteiger partial charge in [0.1, 0.15) is 6.33 Å². The maximum Gasteiger partial charge on any atom is 0.166 e. The summed E-state index contributed by atoms with van der Waals surface area (Å²) in [6, 6.07) is 5.68. The second kappa shape index (κ2) is 5.11. The number of aryl methyl sites for hydroxylation is 1. The molecular formula is C12H11N3O. The first-order chi connectivity index (χ1) is 7.86. The predicted octanol–water partition coefficient (Wildman–Crippen LogP) is 1.69. The second-order valence-corrected chi connectivity index (χ2v) is 3.37. The Morgan fingerprint density at radius 3 is 2.69 bits per heavy atom. The third-order valence-electron chi connectivity index (χ3n) is 2.22. The highest BCUT2D eigenvalue weighted by atomic mass is 16.1. The molecule has 0 radical (unpaired) electrons. The molecule has 16 heavy (non-hydrogen) atoms. The van der Waals surface area contributed by atoms with Gasteiger partial charge in [-0.05, 0) is 18.6 Å². The van der Waals surface area contributed by atoms with Crippen molar-refractivity contribution in [2.24, 2.45) is 0 Å². The van der Waals surface area contributed by atoms with Gasteiger partial charge in [-0.15, -0.1) is 0 Å². The third-order valence-corrected chi connectivity index (χ3v) is 2.22. The Bertz CT molecular complexity index is 456. The average Bonchev–Trinajstić information content (AvgIpc) is 2.38. The van der Waals surface area contributed by atoms with Crippen molar-refractivity contribution in [3.05, 3.63) is 54.4 Å². The highest BCUT2D eigenvalue weighted by molar-refractivity contribution is 5.95. The van der Waals surface area contributed by atoms with E-state index in [4.69, 9.17) is 0 Å². The molecule has 0 amide bonds. The molecule has 2 aromatic rings. The van der Waals surface area contributed by atoms with E-state index in [1.54, 1.807) is 6.20 Å². The lowest BCUT2D eigenvalue weighted by Crippen LogP contribution is -2.03. The van der Waals surface area contributed by atoms with Crippen molar-refractivity contribution in [1.82, 2.24) is 15.0 Å². The SMILES string of the molecule is O=C(CCc1ccccn1)c1cncnc1. The third kappa shape index (κ3) is 2.70. The summed E-state index contributed by atoms with van der Waals surface area (Å²) in [6.45, 7) is 0. The van der Waals surface area contributed by atoms with E-state index in [-0.39, 0.29) is 5.78 Å². The molecule has 4 heteroatoms. The Balaban J connectivity index is 1.95. The summed E-state index contributed by atoms with van der Waals surface area (Å²) >= 11 is 0. The molecule has 4 nitrogen and oxygen atoms in total. The molecule has 0 aliphatic rings. The molecule has 0 aliphatic carbocycles. The van der Waals surface area contributed by atoms with E-state index >= 15 is 0 Å². The molecule has 0 saturated carbocycles. The number of hydrogen-bond donors (Lipinski definition) is 0. The zero-order valence-electron chi connectivity index (χ0n) is 8.71. The van der Waals surface area contributed by atoms with Crippen molar-refractivity contribution in [2.75, 3.05) is 0 Å². The molecule has 2 heterocycles. The fourth-order valence-electron chi connectivity index (χ4n) is 1.38. The van der Waals surface area contributed by atoms with Crippen LogP contribution in [0.15, 0.2) is 43.1 Å². The minimum Gasteiger partial charge on any atom is -0.294 e. The van der Waals surface area contributed by atoms with Crippen molar-refractivity contribution in [3.63, 3.8) is 0 Å². The summed E-state index contributed by atoms with van der Waals surface area (Å²) < 4.78 is 0. The Hall–Kier alpha value is -2.10. The first kappa shape index (κ1) is 10.4. The van der Waals surface area contributed by atoms with Crippen molar-refractivity contribution in [2.45, 2.75) is 12.8 Å². The Morgan fingerprint density at radius 2 is 2.00 bits per heavy atom. The second-order valence-electron chi connectivity index (χ2n) is 3.37. The van der Waals surface area contributed by atoms with E-state index in [1.807, 2.05) is 18.2 Å². The minimum absolute atomic E-state index is 0.0475. The maximum absolute atomic E-state index is 11.7. The number of hydrogen-bond acceptors (Lipinski definition) is 4. The number of ketones is 1. The number of carbonyl (C=O) groups excluding carboxylic acids is 1. The van der Waals surface area contributed by atoms with Crippen molar-refractivity contribution >= 4 is 5.78 Å². The molecule has 0 bridgehead atoms. The lowest BCUT2D eigenvalue weighted by atomic mass is 10.1. The van der Waals surface area contributed by atoms with Gasteiger partial charge >= 0.3 is 0 Å². The smallest absolute Gasteiger partial charge is 0.166 e. The van der Waals surface area contributed by atoms with E-state index in [0.717, 1.165) is 5.69 Å². The largest absolute Gasteiger partial charge is 0.294 e. The van der Waals surface area contributed by atoms with Gasteiger partial charge in [-0.3, -0.25) is 9.78 Å². The van der Waals surface area contributed by atoms with Crippen molar-refractivity contribution in [3.8, 4) is 0 Å². The number of rotatable bonds is 4. The summed E-state index contributed by atoms with van der Waals surface area (Å²) in [5, 5.41) is 0. The van der Waals surface area contributed by atoms with Crippen LogP contribution in [0.25, 0.3) is 0 Å². The van der Waals surface area contributed by atoms with Gasteiger partial charge in [0.05, 0.1) is 5.56 Å². The van der Waals surface area contributed by atoms with Crippen LogP contribution in [0.3, 0.4) is 0 Å². The van der Waals surface area contributed by atoms with Gasteiger partial charge in [0.25, 0.3) is 0 Å². The van der Waals surface area contributed by atoms with Crippen LogP contribution in [0.2, 0.25) is 0 Å². The van der Waals surface area contributed by atoms with Crippen LogP contribution < -0.4 is 0 Å². The summed E-state index contributed by atoms with van der Waals surface area (Å²) in [5.74, 6) is 0.0475. The summed E-state index contributed by atoms with van der Waals surface area (Å²) in [6.07, 6.45) is 7.29. The quantitative estimate of drug-likeness (QED) is 0.725. The Labute approximate surface area is 93.4 Å².